The van der Waals surface area contributed by atoms with Crippen LogP contribution in [0.3, 0.4) is 0 Å². The standard InChI is InChI=1S/C17H27NO2/c1-2-3-4-5-7-14-10-12-15(13-11-14)16(18)8-6-9-17(19)20/h10-13,16H,2-9,18H2,1H3,(H,19,20). The van der Waals surface area contributed by atoms with E-state index < -0.39 is 5.97 Å². The number of benzene rings is 1. The lowest BCUT2D eigenvalue weighted by Gasteiger charge is -2.12. The largest absolute Gasteiger partial charge is 0.481 e. The third-order valence-corrected chi connectivity index (χ3v) is 3.63. The average molecular weight is 277 g/mol. The number of aryl methyl sites for hydroxylation is 1. The van der Waals surface area contributed by atoms with Gasteiger partial charge in [-0.05, 0) is 36.8 Å². The Morgan fingerprint density at radius 3 is 2.45 bits per heavy atom. The lowest BCUT2D eigenvalue weighted by Crippen LogP contribution is -2.11. The molecule has 0 spiro atoms. The molecule has 1 aromatic rings. The predicted octanol–water partition coefficient (Wildman–Crippen LogP) is 4.06. The Balaban J connectivity index is 2.35. The third kappa shape index (κ3) is 6.71. The topological polar surface area (TPSA) is 63.3 Å². The van der Waals surface area contributed by atoms with Gasteiger partial charge in [0.05, 0.1) is 0 Å². The summed E-state index contributed by atoms with van der Waals surface area (Å²) >= 11 is 0. The number of nitrogens with two attached hydrogens (primary N) is 1. The molecule has 0 radical (unpaired) electrons. The second-order valence-corrected chi connectivity index (χ2v) is 5.44. The lowest BCUT2D eigenvalue weighted by atomic mass is 9.99. The molecule has 0 fully saturated rings. The highest BCUT2D eigenvalue weighted by atomic mass is 16.4. The molecule has 0 saturated carbocycles. The van der Waals surface area contributed by atoms with Crippen LogP contribution in [0, 0.1) is 0 Å². The van der Waals surface area contributed by atoms with E-state index in [1.54, 1.807) is 0 Å². The molecule has 0 aliphatic heterocycles. The Morgan fingerprint density at radius 1 is 1.15 bits per heavy atom. The minimum absolute atomic E-state index is 0.0523. The van der Waals surface area contributed by atoms with Crippen LogP contribution in [-0.2, 0) is 11.2 Å². The van der Waals surface area contributed by atoms with Crippen LogP contribution in [0.2, 0.25) is 0 Å². The molecule has 0 heterocycles. The third-order valence-electron chi connectivity index (χ3n) is 3.63. The number of carboxylic acid groups (broad SMARTS) is 1. The molecule has 1 unspecified atom stereocenters. The van der Waals surface area contributed by atoms with E-state index in [0.717, 1.165) is 18.4 Å². The molecule has 0 amide bonds. The number of carboxylic acids is 1. The summed E-state index contributed by atoms with van der Waals surface area (Å²) in [6.07, 6.45) is 7.82. The molecule has 20 heavy (non-hydrogen) atoms. The van der Waals surface area contributed by atoms with Crippen molar-refractivity contribution >= 4 is 5.97 Å². The normalized spacial score (nSPS) is 12.3. The van der Waals surface area contributed by atoms with Gasteiger partial charge in [-0.2, -0.15) is 0 Å². The highest BCUT2D eigenvalue weighted by molar-refractivity contribution is 5.66. The fraction of sp³-hybridized carbons (Fsp3) is 0.588. The molecular weight excluding hydrogens is 250 g/mol. The minimum atomic E-state index is -0.750. The van der Waals surface area contributed by atoms with Crippen molar-refractivity contribution in [3.63, 3.8) is 0 Å². The summed E-state index contributed by atoms with van der Waals surface area (Å²) in [5.74, 6) is -0.750. The molecule has 0 aliphatic carbocycles. The van der Waals surface area contributed by atoms with Gasteiger partial charge in [0.15, 0.2) is 0 Å². The zero-order chi connectivity index (χ0) is 14.8. The molecule has 1 atom stereocenters. The summed E-state index contributed by atoms with van der Waals surface area (Å²) in [5, 5.41) is 8.61. The summed E-state index contributed by atoms with van der Waals surface area (Å²) in [6.45, 7) is 2.22. The van der Waals surface area contributed by atoms with E-state index in [-0.39, 0.29) is 12.5 Å². The molecule has 3 heteroatoms. The van der Waals surface area contributed by atoms with Gasteiger partial charge in [0.2, 0.25) is 0 Å². The summed E-state index contributed by atoms with van der Waals surface area (Å²) in [4.78, 5) is 10.5. The van der Waals surface area contributed by atoms with E-state index in [2.05, 4.69) is 31.2 Å². The van der Waals surface area contributed by atoms with Crippen LogP contribution in [0.1, 0.15) is 69.0 Å². The maximum absolute atomic E-state index is 10.5. The van der Waals surface area contributed by atoms with Gasteiger partial charge in [-0.15, -0.1) is 0 Å². The second kappa shape index (κ2) is 9.54. The molecule has 0 bridgehead atoms. The molecule has 0 aromatic heterocycles. The molecule has 0 saturated heterocycles. The van der Waals surface area contributed by atoms with Gasteiger partial charge in [-0.3, -0.25) is 4.79 Å². The van der Waals surface area contributed by atoms with Crippen LogP contribution in [0.15, 0.2) is 24.3 Å². The fourth-order valence-electron chi connectivity index (χ4n) is 2.33. The van der Waals surface area contributed by atoms with Crippen LogP contribution in [0.25, 0.3) is 0 Å². The van der Waals surface area contributed by atoms with E-state index in [1.165, 1.54) is 31.2 Å². The monoisotopic (exact) mass is 277 g/mol. The Morgan fingerprint density at radius 2 is 1.85 bits per heavy atom. The van der Waals surface area contributed by atoms with Crippen molar-refractivity contribution in [2.45, 2.75) is 64.3 Å². The Hall–Kier alpha value is -1.35. The number of unbranched alkanes of at least 4 members (excludes halogenated alkanes) is 3. The summed E-state index contributed by atoms with van der Waals surface area (Å²) in [7, 11) is 0. The summed E-state index contributed by atoms with van der Waals surface area (Å²) in [6, 6.07) is 8.42. The van der Waals surface area contributed by atoms with Crippen LogP contribution in [0.5, 0.6) is 0 Å². The van der Waals surface area contributed by atoms with Crippen molar-refractivity contribution in [2.24, 2.45) is 5.73 Å². The molecule has 1 aromatic carbocycles. The van der Waals surface area contributed by atoms with Crippen LogP contribution >= 0.6 is 0 Å². The van der Waals surface area contributed by atoms with Gasteiger partial charge in [0.25, 0.3) is 0 Å². The van der Waals surface area contributed by atoms with Gasteiger partial charge >= 0.3 is 5.97 Å². The SMILES string of the molecule is CCCCCCc1ccc(C(N)CCCC(=O)O)cc1. The van der Waals surface area contributed by atoms with Gasteiger partial charge in [0.1, 0.15) is 0 Å². The van der Waals surface area contributed by atoms with Crippen molar-refractivity contribution in [1.82, 2.24) is 0 Å². The van der Waals surface area contributed by atoms with Crippen molar-refractivity contribution < 1.29 is 9.90 Å². The number of hydrogen-bond donors (Lipinski definition) is 2. The fourth-order valence-corrected chi connectivity index (χ4v) is 2.33. The number of rotatable bonds is 10. The number of hydrogen-bond acceptors (Lipinski definition) is 2. The van der Waals surface area contributed by atoms with Gasteiger partial charge < -0.3 is 10.8 Å². The lowest BCUT2D eigenvalue weighted by molar-refractivity contribution is -0.137. The van der Waals surface area contributed by atoms with E-state index in [4.69, 9.17) is 10.8 Å². The first-order valence-corrected chi connectivity index (χ1v) is 7.69. The zero-order valence-corrected chi connectivity index (χ0v) is 12.5. The molecule has 0 aliphatic rings. The Bertz CT molecular complexity index is 386. The molecule has 3 N–H and O–H groups in total. The minimum Gasteiger partial charge on any atom is -0.481 e. The smallest absolute Gasteiger partial charge is 0.303 e. The van der Waals surface area contributed by atoms with Crippen molar-refractivity contribution in [3.05, 3.63) is 35.4 Å². The van der Waals surface area contributed by atoms with Crippen LogP contribution < -0.4 is 5.73 Å². The Labute approximate surface area is 122 Å². The number of aliphatic carboxylic acids is 1. The van der Waals surface area contributed by atoms with Gasteiger partial charge in [-0.1, -0.05) is 50.5 Å². The van der Waals surface area contributed by atoms with E-state index >= 15 is 0 Å². The first kappa shape index (κ1) is 16.7. The van der Waals surface area contributed by atoms with E-state index in [1.807, 2.05) is 0 Å². The molecule has 1 rings (SSSR count). The summed E-state index contributed by atoms with van der Waals surface area (Å²) in [5.41, 5.74) is 8.55. The zero-order valence-electron chi connectivity index (χ0n) is 12.5. The van der Waals surface area contributed by atoms with Crippen LogP contribution in [-0.4, -0.2) is 11.1 Å². The van der Waals surface area contributed by atoms with E-state index in [0.29, 0.717) is 6.42 Å². The van der Waals surface area contributed by atoms with Crippen molar-refractivity contribution in [2.75, 3.05) is 0 Å². The predicted molar refractivity (Wildman–Crippen MR) is 82.7 cm³/mol. The van der Waals surface area contributed by atoms with Gasteiger partial charge in [-0.25, -0.2) is 0 Å². The average Bonchev–Trinajstić information content (AvgIpc) is 2.44. The molecule has 3 nitrogen and oxygen atoms in total. The van der Waals surface area contributed by atoms with E-state index in [9.17, 15) is 4.79 Å². The highest BCUT2D eigenvalue weighted by Crippen LogP contribution is 2.18. The van der Waals surface area contributed by atoms with Crippen molar-refractivity contribution in [1.29, 1.82) is 0 Å². The maximum atomic E-state index is 10.5. The maximum Gasteiger partial charge on any atom is 0.303 e. The van der Waals surface area contributed by atoms with Gasteiger partial charge in [0, 0.05) is 12.5 Å². The second-order valence-electron chi connectivity index (χ2n) is 5.44. The van der Waals surface area contributed by atoms with Crippen molar-refractivity contribution in [3.8, 4) is 0 Å². The Kier molecular flexibility index (Phi) is 7.97. The number of carbonyl (C=O) groups is 1. The molecule has 112 valence electrons. The first-order valence-electron chi connectivity index (χ1n) is 7.69. The van der Waals surface area contributed by atoms with Crippen LogP contribution in [0.4, 0.5) is 0 Å². The highest BCUT2D eigenvalue weighted by Gasteiger charge is 2.07. The first-order chi connectivity index (χ1) is 9.63. The summed E-state index contributed by atoms with van der Waals surface area (Å²) < 4.78 is 0. The molecular formula is C17H27NO2. The quantitative estimate of drug-likeness (QED) is 0.634.